The van der Waals surface area contributed by atoms with Crippen molar-refractivity contribution >= 4 is 5.78 Å². The number of Topliss-reactive ketones (excluding diaryl/α,β-unsaturated/α-hetero) is 1. The van der Waals surface area contributed by atoms with E-state index in [1.807, 2.05) is 18.7 Å². The first-order valence-electron chi connectivity index (χ1n) is 7.25. The van der Waals surface area contributed by atoms with E-state index in [0.29, 0.717) is 13.2 Å². The van der Waals surface area contributed by atoms with Crippen molar-refractivity contribution in [3.8, 4) is 0 Å². The van der Waals surface area contributed by atoms with Gasteiger partial charge in [-0.3, -0.25) is 9.69 Å². The Bertz CT molecular complexity index is 441. The van der Waals surface area contributed by atoms with E-state index in [-0.39, 0.29) is 12.6 Å². The van der Waals surface area contributed by atoms with E-state index in [2.05, 4.69) is 0 Å². The van der Waals surface area contributed by atoms with Gasteiger partial charge in [-0.15, -0.1) is 0 Å². The molecule has 0 heterocycles. The first-order chi connectivity index (χ1) is 10.0. The molecular weight excluding hydrogens is 276 g/mol. The Morgan fingerprint density at radius 2 is 1.81 bits per heavy atom. The third-order valence-electron chi connectivity index (χ3n) is 3.63. The zero-order valence-electron chi connectivity index (χ0n) is 12.9. The fraction of sp³-hybridized carbons (Fsp3) is 0.562. The molecule has 3 nitrogen and oxygen atoms in total. The quantitative estimate of drug-likeness (QED) is 0.655. The number of rotatable bonds is 9. The molecule has 0 aliphatic rings. The monoisotopic (exact) mass is 299 g/mol. The van der Waals surface area contributed by atoms with Gasteiger partial charge in [-0.1, -0.05) is 19.9 Å². The second-order valence-electron chi connectivity index (χ2n) is 4.95. The van der Waals surface area contributed by atoms with Crippen LogP contribution in [0, 0.1) is 11.6 Å². The zero-order chi connectivity index (χ0) is 15.8. The average Bonchev–Trinajstić information content (AvgIpc) is 2.45. The molecule has 0 N–H and O–H groups in total. The summed E-state index contributed by atoms with van der Waals surface area (Å²) in [6.07, 6.45) is 1.74. The summed E-state index contributed by atoms with van der Waals surface area (Å²) in [5.74, 6) is -2.15. The number of carbonyl (C=O) groups is 1. The molecule has 0 aliphatic heterocycles. The first kappa shape index (κ1) is 17.7. The molecule has 0 saturated heterocycles. The summed E-state index contributed by atoms with van der Waals surface area (Å²) < 4.78 is 32.4. The number of ketones is 1. The van der Waals surface area contributed by atoms with Gasteiger partial charge in [-0.05, 0) is 25.0 Å². The summed E-state index contributed by atoms with van der Waals surface area (Å²) in [7, 11) is 1.59. The normalized spacial score (nSPS) is 11.4. The molecule has 0 saturated carbocycles. The molecule has 0 bridgehead atoms. The summed E-state index contributed by atoms with van der Waals surface area (Å²) in [5.41, 5.74) is -0.453. The van der Waals surface area contributed by atoms with Gasteiger partial charge in [0.05, 0.1) is 18.7 Å². The standard InChI is InChI=1S/C16H23F2NO2/c1-4-12(5-2)19(9-10-21-3)11-15(20)16-13(17)7-6-8-14(16)18/h6-8,12H,4-5,9-11H2,1-3H3. The molecule has 0 spiro atoms. The maximum absolute atomic E-state index is 13.7. The molecule has 0 atom stereocenters. The molecule has 5 heteroatoms. The van der Waals surface area contributed by atoms with Crippen LogP contribution in [0.2, 0.25) is 0 Å². The predicted octanol–water partition coefficient (Wildman–Crippen LogP) is 3.28. The van der Waals surface area contributed by atoms with E-state index in [1.54, 1.807) is 7.11 Å². The molecule has 0 fully saturated rings. The molecule has 0 aromatic heterocycles. The number of carbonyl (C=O) groups excluding carboxylic acids is 1. The Hall–Kier alpha value is -1.33. The van der Waals surface area contributed by atoms with Crippen molar-refractivity contribution in [3.63, 3.8) is 0 Å². The number of nitrogens with zero attached hydrogens (tertiary/aromatic N) is 1. The molecule has 1 aromatic carbocycles. The van der Waals surface area contributed by atoms with Crippen LogP contribution in [0.1, 0.15) is 37.0 Å². The topological polar surface area (TPSA) is 29.5 Å². The van der Waals surface area contributed by atoms with Gasteiger partial charge in [-0.2, -0.15) is 0 Å². The third-order valence-corrected chi connectivity index (χ3v) is 3.63. The van der Waals surface area contributed by atoms with Gasteiger partial charge in [0, 0.05) is 19.7 Å². The van der Waals surface area contributed by atoms with E-state index in [1.165, 1.54) is 6.07 Å². The minimum Gasteiger partial charge on any atom is -0.383 e. The highest BCUT2D eigenvalue weighted by molar-refractivity contribution is 5.98. The highest BCUT2D eigenvalue weighted by Crippen LogP contribution is 2.15. The molecule has 21 heavy (non-hydrogen) atoms. The van der Waals surface area contributed by atoms with Gasteiger partial charge in [0.1, 0.15) is 11.6 Å². The lowest BCUT2D eigenvalue weighted by molar-refractivity contribution is 0.0804. The summed E-state index contributed by atoms with van der Waals surface area (Å²) >= 11 is 0. The highest BCUT2D eigenvalue weighted by atomic mass is 19.1. The van der Waals surface area contributed by atoms with Crippen molar-refractivity contribution in [3.05, 3.63) is 35.4 Å². The van der Waals surface area contributed by atoms with Gasteiger partial charge >= 0.3 is 0 Å². The molecule has 0 aliphatic carbocycles. The lowest BCUT2D eigenvalue weighted by atomic mass is 10.1. The van der Waals surface area contributed by atoms with Crippen molar-refractivity contribution in [2.45, 2.75) is 32.7 Å². The molecule has 0 amide bonds. The van der Waals surface area contributed by atoms with Crippen LogP contribution in [0.15, 0.2) is 18.2 Å². The lowest BCUT2D eigenvalue weighted by Gasteiger charge is -2.29. The number of methoxy groups -OCH3 is 1. The van der Waals surface area contributed by atoms with Crippen LogP contribution in [-0.2, 0) is 4.74 Å². The minimum atomic E-state index is -0.809. The van der Waals surface area contributed by atoms with Crippen LogP contribution < -0.4 is 0 Å². The minimum absolute atomic E-state index is 0.00639. The van der Waals surface area contributed by atoms with Gasteiger partial charge in [0.2, 0.25) is 0 Å². The summed E-state index contributed by atoms with van der Waals surface area (Å²) in [5, 5.41) is 0. The van der Waals surface area contributed by atoms with Crippen LogP contribution in [0.25, 0.3) is 0 Å². The Morgan fingerprint density at radius 1 is 1.24 bits per heavy atom. The highest BCUT2D eigenvalue weighted by Gasteiger charge is 2.23. The van der Waals surface area contributed by atoms with Crippen LogP contribution in [0.3, 0.4) is 0 Å². The van der Waals surface area contributed by atoms with Gasteiger partial charge in [0.25, 0.3) is 0 Å². The third kappa shape index (κ3) is 4.86. The number of ether oxygens (including phenoxy) is 1. The van der Waals surface area contributed by atoms with Crippen LogP contribution in [-0.4, -0.2) is 43.5 Å². The molecule has 1 aromatic rings. The zero-order valence-corrected chi connectivity index (χ0v) is 12.9. The fourth-order valence-electron chi connectivity index (χ4n) is 2.43. The SMILES string of the molecule is CCC(CC)N(CCOC)CC(=O)c1c(F)cccc1F. The molecule has 0 radical (unpaired) electrons. The summed E-state index contributed by atoms with van der Waals surface area (Å²) in [6.45, 7) is 5.09. The smallest absolute Gasteiger partial charge is 0.182 e. The van der Waals surface area contributed by atoms with Crippen LogP contribution >= 0.6 is 0 Å². The van der Waals surface area contributed by atoms with E-state index in [9.17, 15) is 13.6 Å². The largest absolute Gasteiger partial charge is 0.383 e. The van der Waals surface area contributed by atoms with Crippen molar-refractivity contribution in [1.29, 1.82) is 0 Å². The van der Waals surface area contributed by atoms with E-state index >= 15 is 0 Å². The average molecular weight is 299 g/mol. The fourth-order valence-corrected chi connectivity index (χ4v) is 2.43. The second kappa shape index (κ2) is 8.85. The van der Waals surface area contributed by atoms with Gasteiger partial charge in [-0.25, -0.2) is 8.78 Å². The second-order valence-corrected chi connectivity index (χ2v) is 4.95. The predicted molar refractivity (Wildman–Crippen MR) is 78.5 cm³/mol. The Balaban J connectivity index is 2.89. The Morgan fingerprint density at radius 3 is 2.29 bits per heavy atom. The van der Waals surface area contributed by atoms with E-state index in [0.717, 1.165) is 25.0 Å². The summed E-state index contributed by atoms with van der Waals surface area (Å²) in [6, 6.07) is 3.66. The van der Waals surface area contributed by atoms with Crippen molar-refractivity contribution < 1.29 is 18.3 Å². The van der Waals surface area contributed by atoms with E-state index < -0.39 is 23.0 Å². The number of hydrogen-bond acceptors (Lipinski definition) is 3. The van der Waals surface area contributed by atoms with Crippen LogP contribution in [0.5, 0.6) is 0 Å². The Kier molecular flexibility index (Phi) is 7.47. The first-order valence-corrected chi connectivity index (χ1v) is 7.25. The molecular formula is C16H23F2NO2. The van der Waals surface area contributed by atoms with Crippen molar-refractivity contribution in [2.75, 3.05) is 26.8 Å². The van der Waals surface area contributed by atoms with Crippen molar-refractivity contribution in [2.24, 2.45) is 0 Å². The maximum Gasteiger partial charge on any atom is 0.182 e. The van der Waals surface area contributed by atoms with Crippen LogP contribution in [0.4, 0.5) is 8.78 Å². The maximum atomic E-state index is 13.7. The molecule has 118 valence electrons. The molecule has 0 unspecified atom stereocenters. The number of halogens is 2. The van der Waals surface area contributed by atoms with Gasteiger partial charge < -0.3 is 4.74 Å². The number of benzene rings is 1. The van der Waals surface area contributed by atoms with Crippen molar-refractivity contribution in [1.82, 2.24) is 4.90 Å². The van der Waals surface area contributed by atoms with Gasteiger partial charge in [0.15, 0.2) is 5.78 Å². The lowest BCUT2D eigenvalue weighted by Crippen LogP contribution is -2.41. The molecule has 1 rings (SSSR count). The summed E-state index contributed by atoms with van der Waals surface area (Å²) in [4.78, 5) is 14.2. The van der Waals surface area contributed by atoms with E-state index in [4.69, 9.17) is 4.74 Å². The number of hydrogen-bond donors (Lipinski definition) is 0. The Labute approximate surface area is 124 Å².